The fourth-order valence-corrected chi connectivity index (χ4v) is 5.73. The Hall–Kier alpha value is -1.43. The predicted octanol–water partition coefficient (Wildman–Crippen LogP) is 2.79. The van der Waals surface area contributed by atoms with Gasteiger partial charge < -0.3 is 10.2 Å². The Bertz CT molecular complexity index is 688. The van der Waals surface area contributed by atoms with Gasteiger partial charge in [0.25, 0.3) is 0 Å². The first-order valence-corrected chi connectivity index (χ1v) is 11.0. The van der Waals surface area contributed by atoms with Crippen molar-refractivity contribution in [3.63, 3.8) is 0 Å². The number of rotatable bonds is 4. The van der Waals surface area contributed by atoms with Gasteiger partial charge in [-0.05, 0) is 64.6 Å². The lowest BCUT2D eigenvalue weighted by atomic mass is 9.96. The molecule has 28 heavy (non-hydrogen) atoms. The molecule has 2 unspecified atom stereocenters. The minimum Gasteiger partial charge on any atom is -0.324 e. The molecule has 0 radical (unpaired) electrons. The van der Waals surface area contributed by atoms with E-state index in [1.165, 1.54) is 31.2 Å². The number of benzene rings is 1. The van der Waals surface area contributed by atoms with Crippen LogP contribution in [0.5, 0.6) is 0 Å². The van der Waals surface area contributed by atoms with Crippen molar-refractivity contribution in [1.82, 2.24) is 14.7 Å². The quantitative estimate of drug-likeness (QED) is 0.866. The van der Waals surface area contributed by atoms with Crippen LogP contribution in [-0.4, -0.2) is 78.5 Å². The standard InChI is InChI=1S/C23H36N4O/c1-16-11-17(2)23(18(3)12-16)24-22(28)15-26-7-9-27(10-8-26)21-13-19-5-6-20(14-21)25(19)4/h11-12,19-21H,5-10,13-15H2,1-4H3,(H,24,28). The van der Waals surface area contributed by atoms with Crippen molar-refractivity contribution in [2.24, 2.45) is 0 Å². The molecule has 1 amide bonds. The Morgan fingerprint density at radius 2 is 1.54 bits per heavy atom. The molecule has 1 aromatic carbocycles. The summed E-state index contributed by atoms with van der Waals surface area (Å²) >= 11 is 0. The summed E-state index contributed by atoms with van der Waals surface area (Å²) in [4.78, 5) is 20.2. The monoisotopic (exact) mass is 384 g/mol. The van der Waals surface area contributed by atoms with Crippen molar-refractivity contribution < 1.29 is 4.79 Å². The zero-order chi connectivity index (χ0) is 19.8. The van der Waals surface area contributed by atoms with Crippen molar-refractivity contribution in [2.45, 2.75) is 64.6 Å². The second kappa shape index (κ2) is 8.13. The van der Waals surface area contributed by atoms with E-state index in [4.69, 9.17) is 0 Å². The van der Waals surface area contributed by atoms with Crippen LogP contribution in [0.1, 0.15) is 42.4 Å². The summed E-state index contributed by atoms with van der Waals surface area (Å²) in [6.07, 6.45) is 5.43. The molecule has 3 heterocycles. The average molecular weight is 385 g/mol. The van der Waals surface area contributed by atoms with Gasteiger partial charge in [-0.3, -0.25) is 14.6 Å². The Morgan fingerprint density at radius 3 is 2.11 bits per heavy atom. The minimum atomic E-state index is 0.112. The zero-order valence-corrected chi connectivity index (χ0v) is 18.0. The molecule has 154 valence electrons. The number of carbonyl (C=O) groups is 1. The lowest BCUT2D eigenvalue weighted by Crippen LogP contribution is -2.55. The third-order valence-electron chi connectivity index (χ3n) is 7.31. The van der Waals surface area contributed by atoms with E-state index in [0.29, 0.717) is 6.54 Å². The maximum absolute atomic E-state index is 12.6. The fourth-order valence-electron chi connectivity index (χ4n) is 5.73. The van der Waals surface area contributed by atoms with Crippen molar-refractivity contribution in [2.75, 3.05) is 45.1 Å². The number of nitrogens with zero attached hydrogens (tertiary/aromatic N) is 3. The Morgan fingerprint density at radius 1 is 0.964 bits per heavy atom. The van der Waals surface area contributed by atoms with Crippen LogP contribution in [-0.2, 0) is 4.79 Å². The number of piperidine rings is 1. The Kier molecular flexibility index (Phi) is 5.77. The van der Waals surface area contributed by atoms with Crippen LogP contribution < -0.4 is 5.32 Å². The number of hydrogen-bond acceptors (Lipinski definition) is 4. The molecule has 2 atom stereocenters. The molecule has 0 saturated carbocycles. The number of anilines is 1. The van der Waals surface area contributed by atoms with Crippen molar-refractivity contribution in [3.05, 3.63) is 28.8 Å². The summed E-state index contributed by atoms with van der Waals surface area (Å²) in [5.41, 5.74) is 4.52. The van der Waals surface area contributed by atoms with Crippen LogP contribution in [0.2, 0.25) is 0 Å². The van der Waals surface area contributed by atoms with Crippen LogP contribution in [0.15, 0.2) is 12.1 Å². The van der Waals surface area contributed by atoms with E-state index in [1.807, 2.05) is 0 Å². The largest absolute Gasteiger partial charge is 0.324 e. The van der Waals surface area contributed by atoms with E-state index in [9.17, 15) is 4.79 Å². The molecule has 1 aromatic rings. The maximum Gasteiger partial charge on any atom is 0.238 e. The second-order valence-electron chi connectivity index (χ2n) is 9.31. The maximum atomic E-state index is 12.6. The molecule has 4 rings (SSSR count). The minimum absolute atomic E-state index is 0.112. The van der Waals surface area contributed by atoms with Gasteiger partial charge in [0.05, 0.1) is 6.54 Å². The average Bonchev–Trinajstić information content (AvgIpc) is 2.86. The van der Waals surface area contributed by atoms with E-state index in [0.717, 1.165) is 61.1 Å². The van der Waals surface area contributed by atoms with Gasteiger partial charge in [-0.25, -0.2) is 0 Å². The van der Waals surface area contributed by atoms with Crippen molar-refractivity contribution in [3.8, 4) is 0 Å². The summed E-state index contributed by atoms with van der Waals surface area (Å²) in [7, 11) is 2.31. The van der Waals surface area contributed by atoms with Gasteiger partial charge in [-0.2, -0.15) is 0 Å². The molecular weight excluding hydrogens is 348 g/mol. The summed E-state index contributed by atoms with van der Waals surface area (Å²) in [5.74, 6) is 0.112. The molecule has 3 saturated heterocycles. The molecule has 0 spiro atoms. The fraction of sp³-hybridized carbons (Fsp3) is 0.696. The van der Waals surface area contributed by atoms with Crippen LogP contribution in [0, 0.1) is 20.8 Å². The van der Waals surface area contributed by atoms with Crippen LogP contribution >= 0.6 is 0 Å². The van der Waals surface area contributed by atoms with Gasteiger partial charge in [-0.15, -0.1) is 0 Å². The normalized spacial score (nSPS) is 29.2. The second-order valence-corrected chi connectivity index (χ2v) is 9.31. The highest BCUT2D eigenvalue weighted by Gasteiger charge is 2.40. The van der Waals surface area contributed by atoms with Crippen molar-refractivity contribution in [1.29, 1.82) is 0 Å². The summed E-state index contributed by atoms with van der Waals surface area (Å²) in [5, 5.41) is 3.15. The number of hydrogen-bond donors (Lipinski definition) is 1. The number of nitrogens with one attached hydrogen (secondary N) is 1. The molecule has 5 nitrogen and oxygen atoms in total. The number of carbonyl (C=O) groups excluding carboxylic acids is 1. The van der Waals surface area contributed by atoms with Crippen LogP contribution in [0.4, 0.5) is 5.69 Å². The van der Waals surface area contributed by atoms with E-state index in [1.54, 1.807) is 0 Å². The summed E-state index contributed by atoms with van der Waals surface area (Å²) < 4.78 is 0. The first kappa shape index (κ1) is 19.9. The highest BCUT2D eigenvalue weighted by atomic mass is 16.2. The van der Waals surface area contributed by atoms with Gasteiger partial charge in [0.15, 0.2) is 0 Å². The summed E-state index contributed by atoms with van der Waals surface area (Å²) in [6, 6.07) is 6.62. The predicted molar refractivity (Wildman–Crippen MR) is 115 cm³/mol. The SMILES string of the molecule is Cc1cc(C)c(NC(=O)CN2CCN(C3CC4CCC(C3)N4C)CC2)c(C)c1. The number of piperazine rings is 1. The number of amides is 1. The zero-order valence-electron chi connectivity index (χ0n) is 18.0. The van der Waals surface area contributed by atoms with E-state index in [2.05, 4.69) is 60.0 Å². The summed E-state index contributed by atoms with van der Waals surface area (Å²) in [6.45, 7) is 10.9. The number of fused-ring (bicyclic) bond motifs is 2. The lowest BCUT2D eigenvalue weighted by molar-refractivity contribution is -0.117. The molecule has 0 aromatic heterocycles. The van der Waals surface area contributed by atoms with E-state index in [-0.39, 0.29) is 5.91 Å². The van der Waals surface area contributed by atoms with Crippen LogP contribution in [0.3, 0.4) is 0 Å². The third kappa shape index (κ3) is 4.12. The van der Waals surface area contributed by atoms with Crippen molar-refractivity contribution >= 4 is 11.6 Å². The van der Waals surface area contributed by atoms with Gasteiger partial charge in [-0.1, -0.05) is 17.7 Å². The highest BCUT2D eigenvalue weighted by Crippen LogP contribution is 2.36. The first-order valence-electron chi connectivity index (χ1n) is 11.0. The molecule has 3 aliphatic rings. The molecule has 3 fully saturated rings. The highest BCUT2D eigenvalue weighted by molar-refractivity contribution is 5.93. The molecule has 3 aliphatic heterocycles. The first-order chi connectivity index (χ1) is 13.4. The van der Waals surface area contributed by atoms with E-state index < -0.39 is 0 Å². The smallest absolute Gasteiger partial charge is 0.238 e. The molecular formula is C23H36N4O. The van der Waals surface area contributed by atoms with Gasteiger partial charge in [0.1, 0.15) is 0 Å². The van der Waals surface area contributed by atoms with Gasteiger partial charge >= 0.3 is 0 Å². The van der Waals surface area contributed by atoms with Gasteiger partial charge in [0.2, 0.25) is 5.91 Å². The third-order valence-corrected chi connectivity index (χ3v) is 7.31. The lowest BCUT2D eigenvalue weighted by Gasteiger charge is -2.44. The topological polar surface area (TPSA) is 38.8 Å². The molecule has 5 heteroatoms. The molecule has 2 bridgehead atoms. The Balaban J connectivity index is 1.26. The van der Waals surface area contributed by atoms with E-state index >= 15 is 0 Å². The van der Waals surface area contributed by atoms with Gasteiger partial charge in [0, 0.05) is 50.0 Å². The molecule has 1 N–H and O–H groups in total. The molecule has 0 aliphatic carbocycles. The van der Waals surface area contributed by atoms with Crippen LogP contribution in [0.25, 0.3) is 0 Å². The number of aryl methyl sites for hydroxylation is 3. The Labute approximate surface area is 170 Å².